The fourth-order valence-electron chi connectivity index (χ4n) is 1.43. The summed E-state index contributed by atoms with van der Waals surface area (Å²) in [5.41, 5.74) is 0.0584. The second-order valence-electron chi connectivity index (χ2n) is 3.79. The van der Waals surface area contributed by atoms with E-state index in [2.05, 4.69) is 26.6 Å². The van der Waals surface area contributed by atoms with E-state index >= 15 is 0 Å². The van der Waals surface area contributed by atoms with Crippen LogP contribution in [0.2, 0.25) is 0 Å². The Hall–Kier alpha value is -0.940. The lowest BCUT2D eigenvalue weighted by Gasteiger charge is -2.13. The molecular formula is C12H16BrFN2O. The Labute approximate surface area is 109 Å². The number of amides is 1. The van der Waals surface area contributed by atoms with Gasteiger partial charge >= 0.3 is 0 Å². The van der Waals surface area contributed by atoms with Gasteiger partial charge in [-0.05, 0) is 31.7 Å². The molecule has 1 aromatic carbocycles. The first kappa shape index (κ1) is 14.1. The molecule has 1 atom stereocenters. The second-order valence-corrected chi connectivity index (χ2v) is 4.71. The largest absolute Gasteiger partial charge is 0.350 e. The molecule has 0 spiro atoms. The van der Waals surface area contributed by atoms with Gasteiger partial charge in [-0.3, -0.25) is 4.79 Å². The highest BCUT2D eigenvalue weighted by molar-refractivity contribution is 9.10. The van der Waals surface area contributed by atoms with Gasteiger partial charge in [0.05, 0.1) is 5.56 Å². The van der Waals surface area contributed by atoms with Gasteiger partial charge in [-0.1, -0.05) is 22.9 Å². The summed E-state index contributed by atoms with van der Waals surface area (Å²) < 4.78 is 14.1. The smallest absolute Gasteiger partial charge is 0.254 e. The van der Waals surface area contributed by atoms with Gasteiger partial charge in [0.25, 0.3) is 5.91 Å². The number of hydrogen-bond donors (Lipinski definition) is 2. The molecule has 17 heavy (non-hydrogen) atoms. The SMILES string of the molecule is CCN[C@H](C)CNC(=O)c1cc(Br)ccc1F. The van der Waals surface area contributed by atoms with Crippen LogP contribution in [0.1, 0.15) is 24.2 Å². The van der Waals surface area contributed by atoms with Crippen LogP contribution in [-0.4, -0.2) is 25.0 Å². The number of rotatable bonds is 5. The molecule has 3 nitrogen and oxygen atoms in total. The second kappa shape index (κ2) is 6.71. The third kappa shape index (κ3) is 4.44. The Morgan fingerprint density at radius 3 is 2.88 bits per heavy atom. The number of likely N-dealkylation sites (N-methyl/N-ethyl adjacent to an activating group) is 1. The monoisotopic (exact) mass is 302 g/mol. The lowest BCUT2D eigenvalue weighted by molar-refractivity contribution is 0.0946. The average molecular weight is 303 g/mol. The number of nitrogens with one attached hydrogen (secondary N) is 2. The summed E-state index contributed by atoms with van der Waals surface area (Å²) in [5.74, 6) is -0.907. The van der Waals surface area contributed by atoms with Gasteiger partial charge < -0.3 is 10.6 Å². The molecule has 0 heterocycles. The molecule has 1 amide bonds. The fourth-order valence-corrected chi connectivity index (χ4v) is 1.79. The van der Waals surface area contributed by atoms with E-state index in [0.29, 0.717) is 11.0 Å². The maximum Gasteiger partial charge on any atom is 0.254 e. The number of benzene rings is 1. The van der Waals surface area contributed by atoms with Crippen molar-refractivity contribution in [1.82, 2.24) is 10.6 Å². The van der Waals surface area contributed by atoms with Crippen LogP contribution in [-0.2, 0) is 0 Å². The predicted octanol–water partition coefficient (Wildman–Crippen LogP) is 2.32. The maximum atomic E-state index is 13.4. The van der Waals surface area contributed by atoms with Gasteiger partial charge in [0, 0.05) is 17.1 Å². The van der Waals surface area contributed by atoms with Crippen LogP contribution in [0.3, 0.4) is 0 Å². The van der Waals surface area contributed by atoms with Crippen molar-refractivity contribution < 1.29 is 9.18 Å². The van der Waals surface area contributed by atoms with E-state index in [1.807, 2.05) is 13.8 Å². The maximum absolute atomic E-state index is 13.4. The predicted molar refractivity (Wildman–Crippen MR) is 69.6 cm³/mol. The quantitative estimate of drug-likeness (QED) is 0.876. The van der Waals surface area contributed by atoms with Gasteiger partial charge in [0.15, 0.2) is 0 Å². The molecule has 0 radical (unpaired) electrons. The molecule has 1 aromatic rings. The van der Waals surface area contributed by atoms with Crippen LogP contribution < -0.4 is 10.6 Å². The van der Waals surface area contributed by atoms with Crippen molar-refractivity contribution in [2.24, 2.45) is 0 Å². The Morgan fingerprint density at radius 1 is 1.53 bits per heavy atom. The summed E-state index contributed by atoms with van der Waals surface area (Å²) in [6.45, 7) is 5.26. The molecule has 0 saturated carbocycles. The number of carbonyl (C=O) groups is 1. The van der Waals surface area contributed by atoms with E-state index in [4.69, 9.17) is 0 Å². The Bertz CT molecular complexity index is 398. The topological polar surface area (TPSA) is 41.1 Å². The third-order valence-electron chi connectivity index (χ3n) is 2.29. The van der Waals surface area contributed by atoms with E-state index < -0.39 is 11.7 Å². The van der Waals surface area contributed by atoms with Crippen LogP contribution in [0, 0.1) is 5.82 Å². The van der Waals surface area contributed by atoms with Crippen molar-refractivity contribution in [2.75, 3.05) is 13.1 Å². The molecule has 1 rings (SSSR count). The molecule has 94 valence electrons. The summed E-state index contributed by atoms with van der Waals surface area (Å²) >= 11 is 3.21. The highest BCUT2D eigenvalue weighted by Crippen LogP contribution is 2.15. The zero-order valence-corrected chi connectivity index (χ0v) is 11.5. The van der Waals surface area contributed by atoms with Crippen molar-refractivity contribution in [3.63, 3.8) is 0 Å². The third-order valence-corrected chi connectivity index (χ3v) is 2.79. The first-order chi connectivity index (χ1) is 8.04. The van der Waals surface area contributed by atoms with E-state index in [-0.39, 0.29) is 11.6 Å². The molecule has 0 aliphatic heterocycles. The molecule has 0 aromatic heterocycles. The van der Waals surface area contributed by atoms with Gasteiger partial charge in [0.1, 0.15) is 5.82 Å². The van der Waals surface area contributed by atoms with Gasteiger partial charge in [-0.25, -0.2) is 4.39 Å². The lowest BCUT2D eigenvalue weighted by atomic mass is 10.2. The molecule has 5 heteroatoms. The Morgan fingerprint density at radius 2 is 2.24 bits per heavy atom. The van der Waals surface area contributed by atoms with E-state index in [1.165, 1.54) is 12.1 Å². The summed E-state index contributed by atoms with van der Waals surface area (Å²) in [4.78, 5) is 11.7. The van der Waals surface area contributed by atoms with Crippen molar-refractivity contribution in [1.29, 1.82) is 0 Å². The molecular weight excluding hydrogens is 287 g/mol. The molecule has 0 aliphatic rings. The summed E-state index contributed by atoms with van der Waals surface area (Å²) in [7, 11) is 0. The molecule has 2 N–H and O–H groups in total. The van der Waals surface area contributed by atoms with Crippen LogP contribution in [0.15, 0.2) is 22.7 Å². The van der Waals surface area contributed by atoms with Crippen molar-refractivity contribution in [3.05, 3.63) is 34.1 Å². The molecule has 0 bridgehead atoms. The summed E-state index contributed by atoms with van der Waals surface area (Å²) in [5, 5.41) is 5.85. The molecule has 0 unspecified atom stereocenters. The summed E-state index contributed by atoms with van der Waals surface area (Å²) in [6.07, 6.45) is 0. The number of hydrogen-bond acceptors (Lipinski definition) is 2. The van der Waals surface area contributed by atoms with Crippen molar-refractivity contribution in [2.45, 2.75) is 19.9 Å². The highest BCUT2D eigenvalue weighted by Gasteiger charge is 2.12. The van der Waals surface area contributed by atoms with Crippen LogP contribution in [0.25, 0.3) is 0 Å². The highest BCUT2D eigenvalue weighted by atomic mass is 79.9. The van der Waals surface area contributed by atoms with Gasteiger partial charge in [-0.2, -0.15) is 0 Å². The molecule has 0 aliphatic carbocycles. The van der Waals surface area contributed by atoms with E-state index in [9.17, 15) is 9.18 Å². The van der Waals surface area contributed by atoms with Crippen LogP contribution >= 0.6 is 15.9 Å². The van der Waals surface area contributed by atoms with Crippen LogP contribution in [0.5, 0.6) is 0 Å². The zero-order valence-electron chi connectivity index (χ0n) is 9.89. The first-order valence-electron chi connectivity index (χ1n) is 5.51. The molecule has 0 fully saturated rings. The number of halogens is 2. The lowest BCUT2D eigenvalue weighted by Crippen LogP contribution is -2.39. The first-order valence-corrected chi connectivity index (χ1v) is 6.30. The zero-order chi connectivity index (χ0) is 12.8. The van der Waals surface area contributed by atoms with Gasteiger partial charge in [0.2, 0.25) is 0 Å². The van der Waals surface area contributed by atoms with Crippen LogP contribution in [0.4, 0.5) is 4.39 Å². The molecule has 0 saturated heterocycles. The minimum Gasteiger partial charge on any atom is -0.350 e. The van der Waals surface area contributed by atoms with Crippen molar-refractivity contribution >= 4 is 21.8 Å². The summed E-state index contributed by atoms with van der Waals surface area (Å²) in [6, 6.07) is 4.47. The minimum atomic E-state index is -0.512. The Balaban J connectivity index is 2.61. The van der Waals surface area contributed by atoms with Gasteiger partial charge in [-0.15, -0.1) is 0 Å². The number of carbonyl (C=O) groups excluding carboxylic acids is 1. The fraction of sp³-hybridized carbons (Fsp3) is 0.417. The van der Waals surface area contributed by atoms with Crippen molar-refractivity contribution in [3.8, 4) is 0 Å². The standard InChI is InChI=1S/C12H16BrFN2O/c1-3-15-8(2)7-16-12(17)10-6-9(13)4-5-11(10)14/h4-6,8,15H,3,7H2,1-2H3,(H,16,17)/t8-/m1/s1. The normalized spacial score (nSPS) is 12.2. The Kier molecular flexibility index (Phi) is 5.58. The average Bonchev–Trinajstić information content (AvgIpc) is 2.29. The van der Waals surface area contributed by atoms with E-state index in [1.54, 1.807) is 6.07 Å². The minimum absolute atomic E-state index is 0.0584. The van der Waals surface area contributed by atoms with E-state index in [0.717, 1.165) is 6.54 Å².